The maximum absolute atomic E-state index is 13.1. The van der Waals surface area contributed by atoms with Crippen LogP contribution >= 0.6 is 0 Å². The average molecular weight is 243 g/mol. The summed E-state index contributed by atoms with van der Waals surface area (Å²) in [5, 5.41) is 2.62. The molecule has 1 N–H and O–H groups in total. The first-order valence-electron chi connectivity index (χ1n) is 5.36. The zero-order valence-corrected chi connectivity index (χ0v) is 9.80. The molecule has 17 heavy (non-hydrogen) atoms. The lowest BCUT2D eigenvalue weighted by Crippen LogP contribution is -2.31. The molecule has 0 aliphatic carbocycles. The molecule has 0 atom stereocenters. The molecule has 0 saturated carbocycles. The highest BCUT2D eigenvalue weighted by Crippen LogP contribution is 2.17. The van der Waals surface area contributed by atoms with Gasteiger partial charge in [-0.1, -0.05) is 13.8 Å². The van der Waals surface area contributed by atoms with Gasteiger partial charge in [-0.15, -0.1) is 0 Å². The Bertz CT molecular complexity index is 394. The van der Waals surface area contributed by atoms with Crippen LogP contribution in [0.25, 0.3) is 0 Å². The normalized spacial score (nSPS) is 10.4. The first-order chi connectivity index (χ1) is 8.00. The van der Waals surface area contributed by atoms with Crippen LogP contribution < -0.4 is 10.1 Å². The van der Waals surface area contributed by atoms with Gasteiger partial charge in [-0.2, -0.15) is 0 Å². The second-order valence-electron chi connectivity index (χ2n) is 3.87. The molecule has 0 fully saturated rings. The van der Waals surface area contributed by atoms with Crippen LogP contribution in [0.3, 0.4) is 0 Å². The van der Waals surface area contributed by atoms with Crippen LogP contribution in [-0.2, 0) is 4.79 Å². The summed E-state index contributed by atoms with van der Waals surface area (Å²) in [6.07, 6.45) is 0. The summed E-state index contributed by atoms with van der Waals surface area (Å²) in [7, 11) is 0. The summed E-state index contributed by atoms with van der Waals surface area (Å²) < 4.78 is 30.8. The fourth-order valence-corrected chi connectivity index (χ4v) is 1.13. The number of carbonyl (C=O) groups is 1. The van der Waals surface area contributed by atoms with Crippen LogP contribution in [0, 0.1) is 17.6 Å². The number of ether oxygens (including phenoxy) is 1. The van der Waals surface area contributed by atoms with Gasteiger partial charge in [0.1, 0.15) is 12.4 Å². The molecule has 5 heteroatoms. The quantitative estimate of drug-likeness (QED) is 0.804. The van der Waals surface area contributed by atoms with E-state index in [9.17, 15) is 13.6 Å². The molecule has 1 rings (SSSR count). The third kappa shape index (κ3) is 4.38. The van der Waals surface area contributed by atoms with Crippen molar-refractivity contribution in [1.29, 1.82) is 0 Å². The number of hydrogen-bond donors (Lipinski definition) is 1. The molecule has 94 valence electrons. The minimum atomic E-state index is -0.750. The Morgan fingerprint density at radius 3 is 2.71 bits per heavy atom. The van der Waals surface area contributed by atoms with E-state index in [2.05, 4.69) is 5.32 Å². The van der Waals surface area contributed by atoms with Gasteiger partial charge in [0, 0.05) is 12.0 Å². The Hall–Kier alpha value is -1.65. The summed E-state index contributed by atoms with van der Waals surface area (Å²) in [5.74, 6) is -1.61. The molecule has 1 aromatic carbocycles. The predicted molar refractivity (Wildman–Crippen MR) is 59.7 cm³/mol. The summed E-state index contributed by atoms with van der Waals surface area (Å²) in [6, 6.07) is 3.09. The second kappa shape index (κ2) is 6.18. The number of benzene rings is 1. The summed E-state index contributed by atoms with van der Waals surface area (Å²) in [4.78, 5) is 11.2. The maximum atomic E-state index is 13.1. The lowest BCUT2D eigenvalue weighted by Gasteiger charge is -2.09. The Labute approximate surface area is 98.8 Å². The van der Waals surface area contributed by atoms with Crippen LogP contribution in [0.5, 0.6) is 5.75 Å². The number of carbonyl (C=O) groups excluding carboxylic acids is 1. The van der Waals surface area contributed by atoms with Crippen molar-refractivity contribution in [3.63, 3.8) is 0 Å². The standard InChI is InChI=1S/C12H15F2NO2/c1-8(2)12(16)15-5-6-17-11-4-3-9(13)7-10(11)14/h3-4,7-8H,5-6H2,1-2H3,(H,15,16). The van der Waals surface area contributed by atoms with E-state index in [-0.39, 0.29) is 30.7 Å². The van der Waals surface area contributed by atoms with E-state index in [4.69, 9.17) is 4.74 Å². The lowest BCUT2D eigenvalue weighted by atomic mass is 10.2. The maximum Gasteiger partial charge on any atom is 0.222 e. The van der Waals surface area contributed by atoms with Crippen molar-refractivity contribution < 1.29 is 18.3 Å². The molecule has 0 spiro atoms. The third-order valence-electron chi connectivity index (χ3n) is 2.08. The van der Waals surface area contributed by atoms with Crippen molar-refractivity contribution in [3.8, 4) is 5.75 Å². The number of hydrogen-bond acceptors (Lipinski definition) is 2. The van der Waals surface area contributed by atoms with Gasteiger partial charge in [-0.05, 0) is 12.1 Å². The average Bonchev–Trinajstić information content (AvgIpc) is 2.26. The molecule has 1 aromatic rings. The Morgan fingerprint density at radius 1 is 1.41 bits per heavy atom. The zero-order valence-electron chi connectivity index (χ0n) is 9.80. The second-order valence-corrected chi connectivity index (χ2v) is 3.87. The van der Waals surface area contributed by atoms with Crippen molar-refractivity contribution in [2.75, 3.05) is 13.2 Å². The Kier molecular flexibility index (Phi) is 4.87. The van der Waals surface area contributed by atoms with E-state index >= 15 is 0 Å². The smallest absolute Gasteiger partial charge is 0.222 e. The molecule has 0 heterocycles. The van der Waals surface area contributed by atoms with E-state index in [1.165, 1.54) is 6.07 Å². The molecule has 1 amide bonds. The van der Waals surface area contributed by atoms with Crippen LogP contribution in [0.15, 0.2) is 18.2 Å². The van der Waals surface area contributed by atoms with E-state index in [1.807, 2.05) is 0 Å². The monoisotopic (exact) mass is 243 g/mol. The minimum absolute atomic E-state index is 0.0230. The topological polar surface area (TPSA) is 38.3 Å². The molecular formula is C12H15F2NO2. The van der Waals surface area contributed by atoms with Crippen molar-refractivity contribution in [1.82, 2.24) is 5.32 Å². The van der Waals surface area contributed by atoms with Gasteiger partial charge in [0.05, 0.1) is 6.54 Å². The van der Waals surface area contributed by atoms with Crippen molar-refractivity contribution in [3.05, 3.63) is 29.8 Å². The van der Waals surface area contributed by atoms with E-state index in [0.717, 1.165) is 12.1 Å². The summed E-state index contributed by atoms with van der Waals surface area (Å²) >= 11 is 0. The highest BCUT2D eigenvalue weighted by atomic mass is 19.1. The molecule has 0 aromatic heterocycles. The Morgan fingerprint density at radius 2 is 2.12 bits per heavy atom. The molecule has 3 nitrogen and oxygen atoms in total. The summed E-state index contributed by atoms with van der Waals surface area (Å²) in [5.41, 5.74) is 0. The van der Waals surface area contributed by atoms with Gasteiger partial charge in [-0.3, -0.25) is 4.79 Å². The number of nitrogens with one attached hydrogen (secondary N) is 1. The number of halogens is 2. The molecule has 0 aliphatic heterocycles. The minimum Gasteiger partial charge on any atom is -0.489 e. The first-order valence-corrected chi connectivity index (χ1v) is 5.36. The molecule has 0 saturated heterocycles. The van der Waals surface area contributed by atoms with Crippen LogP contribution in [-0.4, -0.2) is 19.1 Å². The zero-order chi connectivity index (χ0) is 12.8. The summed E-state index contributed by atoms with van der Waals surface area (Å²) in [6.45, 7) is 3.97. The molecule has 0 unspecified atom stereocenters. The van der Waals surface area contributed by atoms with E-state index < -0.39 is 11.6 Å². The van der Waals surface area contributed by atoms with E-state index in [0.29, 0.717) is 0 Å². The third-order valence-corrected chi connectivity index (χ3v) is 2.08. The van der Waals surface area contributed by atoms with Crippen LogP contribution in [0.4, 0.5) is 8.78 Å². The van der Waals surface area contributed by atoms with Gasteiger partial charge in [0.2, 0.25) is 5.91 Å². The van der Waals surface area contributed by atoms with E-state index in [1.54, 1.807) is 13.8 Å². The van der Waals surface area contributed by atoms with Crippen LogP contribution in [0.2, 0.25) is 0 Å². The molecule has 0 radical (unpaired) electrons. The largest absolute Gasteiger partial charge is 0.489 e. The number of rotatable bonds is 5. The van der Waals surface area contributed by atoms with Gasteiger partial charge < -0.3 is 10.1 Å². The Balaban J connectivity index is 2.34. The lowest BCUT2D eigenvalue weighted by molar-refractivity contribution is -0.124. The number of amides is 1. The SMILES string of the molecule is CC(C)C(=O)NCCOc1ccc(F)cc1F. The van der Waals surface area contributed by atoms with Gasteiger partial charge in [0.15, 0.2) is 11.6 Å². The first kappa shape index (κ1) is 13.4. The van der Waals surface area contributed by atoms with Crippen molar-refractivity contribution in [2.24, 2.45) is 5.92 Å². The molecular weight excluding hydrogens is 228 g/mol. The fraction of sp³-hybridized carbons (Fsp3) is 0.417. The molecule has 0 bridgehead atoms. The van der Waals surface area contributed by atoms with Crippen molar-refractivity contribution in [2.45, 2.75) is 13.8 Å². The predicted octanol–water partition coefficient (Wildman–Crippen LogP) is 2.12. The highest BCUT2D eigenvalue weighted by Gasteiger charge is 2.07. The fourth-order valence-electron chi connectivity index (χ4n) is 1.13. The van der Waals surface area contributed by atoms with Gasteiger partial charge in [-0.25, -0.2) is 8.78 Å². The van der Waals surface area contributed by atoms with Crippen LogP contribution in [0.1, 0.15) is 13.8 Å². The highest BCUT2D eigenvalue weighted by molar-refractivity contribution is 5.77. The van der Waals surface area contributed by atoms with Gasteiger partial charge >= 0.3 is 0 Å². The van der Waals surface area contributed by atoms with Crippen molar-refractivity contribution >= 4 is 5.91 Å². The van der Waals surface area contributed by atoms with Gasteiger partial charge in [0.25, 0.3) is 0 Å². The molecule has 0 aliphatic rings.